The van der Waals surface area contributed by atoms with Crippen LogP contribution < -0.4 is 5.73 Å². The molecule has 0 rings (SSSR count). The fourth-order valence-electron chi connectivity index (χ4n) is 0.960. The summed E-state index contributed by atoms with van der Waals surface area (Å²) in [4.78, 5) is 23.5. The fourth-order valence-corrected chi connectivity index (χ4v) is 0.960. The summed E-state index contributed by atoms with van der Waals surface area (Å²) in [5.41, 5.74) is 5.06. The Labute approximate surface area is 79.1 Å². The Morgan fingerprint density at radius 2 is 1.85 bits per heavy atom. The number of hydrogen-bond acceptors (Lipinski definition) is 3. The van der Waals surface area contributed by atoms with Crippen molar-refractivity contribution in [3.8, 4) is 0 Å². The van der Waals surface area contributed by atoms with E-state index < -0.39 is 5.91 Å². The maximum atomic E-state index is 11.1. The molecule has 13 heavy (non-hydrogen) atoms. The highest BCUT2D eigenvalue weighted by Gasteiger charge is 2.14. The van der Waals surface area contributed by atoms with Gasteiger partial charge in [-0.1, -0.05) is 6.92 Å². The standard InChI is InChI=1S/C9H18N2O2/c1-4-8(12)5-11(7(2)3)6-9(10)13/h7H,4-6H2,1-3H3,(H2,10,13). The Hall–Kier alpha value is -0.900. The van der Waals surface area contributed by atoms with Gasteiger partial charge < -0.3 is 5.73 Å². The topological polar surface area (TPSA) is 63.4 Å². The van der Waals surface area contributed by atoms with Crippen LogP contribution in [0.25, 0.3) is 0 Å². The molecule has 0 heterocycles. The number of primary amides is 1. The van der Waals surface area contributed by atoms with Crippen LogP contribution in [0.15, 0.2) is 0 Å². The lowest BCUT2D eigenvalue weighted by Crippen LogP contribution is -2.41. The van der Waals surface area contributed by atoms with Crippen molar-refractivity contribution < 1.29 is 9.59 Å². The number of carbonyl (C=O) groups excluding carboxylic acids is 2. The highest BCUT2D eigenvalue weighted by atomic mass is 16.1. The van der Waals surface area contributed by atoms with Crippen molar-refractivity contribution in [3.05, 3.63) is 0 Å². The number of ketones is 1. The van der Waals surface area contributed by atoms with Crippen LogP contribution in [-0.4, -0.2) is 35.7 Å². The maximum absolute atomic E-state index is 11.1. The van der Waals surface area contributed by atoms with Crippen LogP contribution >= 0.6 is 0 Å². The van der Waals surface area contributed by atoms with Gasteiger partial charge in [0.2, 0.25) is 5.91 Å². The van der Waals surface area contributed by atoms with Crippen molar-refractivity contribution in [3.63, 3.8) is 0 Å². The minimum absolute atomic E-state index is 0.134. The average Bonchev–Trinajstić information content (AvgIpc) is 2.02. The molecule has 0 aromatic rings. The lowest BCUT2D eigenvalue weighted by molar-refractivity contribution is -0.123. The molecule has 0 fully saturated rings. The zero-order valence-electron chi connectivity index (χ0n) is 8.54. The van der Waals surface area contributed by atoms with Crippen LogP contribution in [0.5, 0.6) is 0 Å². The molecule has 0 aliphatic carbocycles. The fraction of sp³-hybridized carbons (Fsp3) is 0.778. The van der Waals surface area contributed by atoms with Gasteiger partial charge >= 0.3 is 0 Å². The number of hydrogen-bond donors (Lipinski definition) is 1. The van der Waals surface area contributed by atoms with Gasteiger partial charge in [-0.15, -0.1) is 0 Å². The van der Waals surface area contributed by atoms with Crippen LogP contribution in [0.3, 0.4) is 0 Å². The lowest BCUT2D eigenvalue weighted by atomic mass is 10.2. The van der Waals surface area contributed by atoms with Gasteiger partial charge in [0.25, 0.3) is 0 Å². The predicted molar refractivity (Wildman–Crippen MR) is 51.2 cm³/mol. The summed E-state index contributed by atoms with van der Waals surface area (Å²) in [7, 11) is 0. The zero-order valence-corrected chi connectivity index (χ0v) is 8.54. The summed E-state index contributed by atoms with van der Waals surface area (Å²) in [6.45, 7) is 6.16. The molecule has 4 nitrogen and oxygen atoms in total. The minimum atomic E-state index is -0.391. The van der Waals surface area contributed by atoms with E-state index in [4.69, 9.17) is 5.73 Å². The molecule has 0 saturated heterocycles. The first-order chi connectivity index (χ1) is 5.97. The van der Waals surface area contributed by atoms with Gasteiger partial charge in [0.05, 0.1) is 13.1 Å². The van der Waals surface area contributed by atoms with Crippen LogP contribution in [-0.2, 0) is 9.59 Å². The molecule has 76 valence electrons. The molecule has 0 aliphatic heterocycles. The van der Waals surface area contributed by atoms with Crippen LogP contribution in [0.2, 0.25) is 0 Å². The van der Waals surface area contributed by atoms with Crippen molar-refractivity contribution in [1.82, 2.24) is 4.90 Å². The van der Waals surface area contributed by atoms with E-state index in [1.54, 1.807) is 4.90 Å². The number of amides is 1. The first-order valence-corrected chi connectivity index (χ1v) is 4.51. The van der Waals surface area contributed by atoms with E-state index in [1.165, 1.54) is 0 Å². The minimum Gasteiger partial charge on any atom is -0.369 e. The Balaban J connectivity index is 4.09. The Kier molecular flexibility index (Phi) is 5.30. The molecule has 1 amide bonds. The van der Waals surface area contributed by atoms with Gasteiger partial charge in [-0.3, -0.25) is 14.5 Å². The van der Waals surface area contributed by atoms with Crippen molar-refractivity contribution in [1.29, 1.82) is 0 Å². The van der Waals surface area contributed by atoms with Crippen molar-refractivity contribution in [2.75, 3.05) is 13.1 Å². The summed E-state index contributed by atoms with van der Waals surface area (Å²) in [6, 6.07) is 0.169. The summed E-state index contributed by atoms with van der Waals surface area (Å²) in [6.07, 6.45) is 0.502. The highest BCUT2D eigenvalue weighted by molar-refractivity contribution is 5.81. The predicted octanol–water partition coefficient (Wildman–Crippen LogP) is 0.161. The second-order valence-electron chi connectivity index (χ2n) is 3.36. The molecule has 0 aromatic heterocycles. The molecule has 0 bridgehead atoms. The average molecular weight is 186 g/mol. The quantitative estimate of drug-likeness (QED) is 0.642. The number of nitrogens with two attached hydrogens (primary N) is 1. The van der Waals surface area contributed by atoms with Crippen LogP contribution in [0, 0.1) is 0 Å². The van der Waals surface area contributed by atoms with Gasteiger partial charge in [-0.2, -0.15) is 0 Å². The molecule has 2 N–H and O–H groups in total. The van der Waals surface area contributed by atoms with Crippen LogP contribution in [0.1, 0.15) is 27.2 Å². The molecule has 0 radical (unpaired) electrons. The first kappa shape index (κ1) is 12.1. The van der Waals surface area contributed by atoms with E-state index in [0.29, 0.717) is 13.0 Å². The number of rotatable bonds is 6. The van der Waals surface area contributed by atoms with Gasteiger partial charge in [0.15, 0.2) is 0 Å². The second kappa shape index (κ2) is 5.70. The molecular formula is C9H18N2O2. The molecular weight excluding hydrogens is 168 g/mol. The first-order valence-electron chi connectivity index (χ1n) is 4.51. The monoisotopic (exact) mass is 186 g/mol. The molecule has 4 heteroatoms. The lowest BCUT2D eigenvalue weighted by Gasteiger charge is -2.23. The third-order valence-corrected chi connectivity index (χ3v) is 1.86. The Morgan fingerprint density at radius 1 is 1.31 bits per heavy atom. The van der Waals surface area contributed by atoms with Crippen molar-refractivity contribution in [2.45, 2.75) is 33.2 Å². The third kappa shape index (κ3) is 5.36. The summed E-state index contributed by atoms with van der Waals surface area (Å²) in [5.74, 6) is -0.257. The Bertz CT molecular complexity index is 190. The van der Waals surface area contributed by atoms with E-state index in [1.807, 2.05) is 20.8 Å². The van der Waals surface area contributed by atoms with Crippen molar-refractivity contribution in [2.24, 2.45) is 5.73 Å². The van der Waals surface area contributed by atoms with Gasteiger partial charge in [0.1, 0.15) is 5.78 Å². The van der Waals surface area contributed by atoms with Crippen LogP contribution in [0.4, 0.5) is 0 Å². The number of carbonyl (C=O) groups is 2. The van der Waals surface area contributed by atoms with E-state index >= 15 is 0 Å². The molecule has 0 aromatic carbocycles. The summed E-state index contributed by atoms with van der Waals surface area (Å²) >= 11 is 0. The second-order valence-corrected chi connectivity index (χ2v) is 3.36. The maximum Gasteiger partial charge on any atom is 0.231 e. The molecule has 0 aliphatic rings. The van der Waals surface area contributed by atoms with E-state index in [9.17, 15) is 9.59 Å². The molecule has 0 unspecified atom stereocenters. The molecule has 0 atom stereocenters. The number of Topliss-reactive ketones (excluding diaryl/α,β-unsaturated/α-hetero) is 1. The highest BCUT2D eigenvalue weighted by Crippen LogP contribution is 1.98. The molecule has 0 spiro atoms. The number of nitrogens with zero attached hydrogens (tertiary/aromatic N) is 1. The summed E-state index contributed by atoms with van der Waals surface area (Å²) < 4.78 is 0. The van der Waals surface area contributed by atoms with E-state index in [-0.39, 0.29) is 18.4 Å². The Morgan fingerprint density at radius 3 is 2.15 bits per heavy atom. The summed E-state index contributed by atoms with van der Waals surface area (Å²) in [5, 5.41) is 0. The third-order valence-electron chi connectivity index (χ3n) is 1.86. The largest absolute Gasteiger partial charge is 0.369 e. The van der Waals surface area contributed by atoms with E-state index in [0.717, 1.165) is 0 Å². The molecule has 0 saturated carbocycles. The smallest absolute Gasteiger partial charge is 0.231 e. The van der Waals surface area contributed by atoms with Gasteiger partial charge in [0, 0.05) is 12.5 Å². The van der Waals surface area contributed by atoms with Gasteiger partial charge in [-0.05, 0) is 13.8 Å². The van der Waals surface area contributed by atoms with Gasteiger partial charge in [-0.25, -0.2) is 0 Å². The van der Waals surface area contributed by atoms with Crippen molar-refractivity contribution >= 4 is 11.7 Å². The van der Waals surface area contributed by atoms with E-state index in [2.05, 4.69) is 0 Å². The SMILES string of the molecule is CCC(=O)CN(CC(N)=O)C(C)C. The zero-order chi connectivity index (χ0) is 10.4. The normalized spacial score (nSPS) is 10.8.